The molecule has 2 heterocycles. The second kappa shape index (κ2) is 2.05. The Morgan fingerprint density at radius 1 is 1.60 bits per heavy atom. The standard InChI is InChI=1S/C6H9N4/c1-5-8-6-4-7-2-3-10(6)9-5/h7H,1-4H2. The summed E-state index contributed by atoms with van der Waals surface area (Å²) in [5.74, 6) is 1.62. The molecule has 1 N–H and O–H groups in total. The van der Waals surface area contributed by atoms with Crippen LogP contribution in [0.15, 0.2) is 0 Å². The van der Waals surface area contributed by atoms with Crippen LogP contribution in [0.5, 0.6) is 0 Å². The number of nitrogens with zero attached hydrogens (tertiary/aromatic N) is 3. The normalized spacial score (nSPS) is 16.9. The average Bonchev–Trinajstić information content (AvgIpc) is 2.27. The lowest BCUT2D eigenvalue weighted by molar-refractivity contribution is 0.468. The van der Waals surface area contributed by atoms with Gasteiger partial charge in [-0.05, 0) is 0 Å². The number of aromatic nitrogens is 3. The lowest BCUT2D eigenvalue weighted by atomic mass is 10.4. The van der Waals surface area contributed by atoms with Crippen molar-refractivity contribution in [2.45, 2.75) is 13.1 Å². The highest BCUT2D eigenvalue weighted by molar-refractivity contribution is 4.97. The van der Waals surface area contributed by atoms with Crippen molar-refractivity contribution in [1.29, 1.82) is 0 Å². The molecule has 4 nitrogen and oxygen atoms in total. The Kier molecular flexibility index (Phi) is 1.20. The van der Waals surface area contributed by atoms with Gasteiger partial charge >= 0.3 is 0 Å². The van der Waals surface area contributed by atoms with Gasteiger partial charge in [0.1, 0.15) is 5.82 Å². The topological polar surface area (TPSA) is 42.7 Å². The van der Waals surface area contributed by atoms with E-state index in [1.807, 2.05) is 4.68 Å². The minimum absolute atomic E-state index is 0.624. The minimum Gasteiger partial charge on any atom is -0.308 e. The highest BCUT2D eigenvalue weighted by atomic mass is 15.4. The monoisotopic (exact) mass is 137 g/mol. The molecule has 0 aliphatic carbocycles. The Morgan fingerprint density at radius 2 is 2.50 bits per heavy atom. The summed E-state index contributed by atoms with van der Waals surface area (Å²) >= 11 is 0. The number of hydrogen-bond donors (Lipinski definition) is 1. The second-order valence-electron chi connectivity index (χ2n) is 2.34. The van der Waals surface area contributed by atoms with Crippen LogP contribution in [0.1, 0.15) is 11.6 Å². The van der Waals surface area contributed by atoms with Gasteiger partial charge in [-0.25, -0.2) is 9.67 Å². The first-order valence-corrected chi connectivity index (χ1v) is 3.32. The first-order valence-electron chi connectivity index (χ1n) is 3.32. The fourth-order valence-corrected chi connectivity index (χ4v) is 1.12. The van der Waals surface area contributed by atoms with Crippen LogP contribution in [0.2, 0.25) is 0 Å². The van der Waals surface area contributed by atoms with Gasteiger partial charge in [0, 0.05) is 13.5 Å². The summed E-state index contributed by atoms with van der Waals surface area (Å²) in [6, 6.07) is 0. The fourth-order valence-electron chi connectivity index (χ4n) is 1.12. The lowest BCUT2D eigenvalue weighted by Crippen LogP contribution is -2.28. The molecule has 0 unspecified atom stereocenters. The van der Waals surface area contributed by atoms with E-state index < -0.39 is 0 Å². The molecule has 1 radical (unpaired) electrons. The van der Waals surface area contributed by atoms with Gasteiger partial charge in [-0.15, -0.1) is 0 Å². The van der Waals surface area contributed by atoms with Crippen molar-refractivity contribution < 1.29 is 0 Å². The zero-order valence-electron chi connectivity index (χ0n) is 5.67. The van der Waals surface area contributed by atoms with Crippen LogP contribution in [0.3, 0.4) is 0 Å². The minimum atomic E-state index is 0.624. The Morgan fingerprint density at radius 3 is 3.30 bits per heavy atom. The van der Waals surface area contributed by atoms with E-state index in [4.69, 9.17) is 0 Å². The molecule has 53 valence electrons. The van der Waals surface area contributed by atoms with Gasteiger partial charge in [0.15, 0.2) is 5.82 Å². The fraction of sp³-hybridized carbons (Fsp3) is 0.500. The second-order valence-corrected chi connectivity index (χ2v) is 2.34. The number of hydrogen-bond acceptors (Lipinski definition) is 3. The maximum absolute atomic E-state index is 4.13. The molecule has 4 heteroatoms. The summed E-state index contributed by atoms with van der Waals surface area (Å²) in [5.41, 5.74) is 0. The van der Waals surface area contributed by atoms with E-state index in [-0.39, 0.29) is 0 Å². The summed E-state index contributed by atoms with van der Waals surface area (Å²) in [7, 11) is 0. The Hall–Kier alpha value is -0.900. The summed E-state index contributed by atoms with van der Waals surface area (Å²) in [6.45, 7) is 6.37. The number of rotatable bonds is 0. The van der Waals surface area contributed by atoms with E-state index in [2.05, 4.69) is 22.3 Å². The summed E-state index contributed by atoms with van der Waals surface area (Å²) in [6.07, 6.45) is 0. The zero-order valence-corrected chi connectivity index (χ0v) is 5.67. The molecule has 0 amide bonds. The molecule has 0 saturated carbocycles. The largest absolute Gasteiger partial charge is 0.308 e. The molecule has 10 heavy (non-hydrogen) atoms. The van der Waals surface area contributed by atoms with Crippen LogP contribution in [0, 0.1) is 6.92 Å². The van der Waals surface area contributed by atoms with E-state index in [1.54, 1.807) is 0 Å². The van der Waals surface area contributed by atoms with E-state index >= 15 is 0 Å². The molecule has 0 saturated heterocycles. The van der Waals surface area contributed by atoms with Crippen LogP contribution < -0.4 is 5.32 Å². The summed E-state index contributed by atoms with van der Waals surface area (Å²) in [4.78, 5) is 4.13. The SMILES string of the molecule is [CH2]c1nc2n(n1)CCNC2. The highest BCUT2D eigenvalue weighted by Crippen LogP contribution is 2.00. The first-order chi connectivity index (χ1) is 4.86. The van der Waals surface area contributed by atoms with Crippen molar-refractivity contribution in [2.24, 2.45) is 0 Å². The van der Waals surface area contributed by atoms with Crippen molar-refractivity contribution >= 4 is 0 Å². The molecule has 1 aromatic heterocycles. The van der Waals surface area contributed by atoms with Crippen LogP contribution in [0.25, 0.3) is 0 Å². The van der Waals surface area contributed by atoms with Gasteiger partial charge in [-0.3, -0.25) is 0 Å². The molecular weight excluding hydrogens is 128 g/mol. The quantitative estimate of drug-likeness (QED) is 0.527. The van der Waals surface area contributed by atoms with Gasteiger partial charge in [0.05, 0.1) is 13.1 Å². The smallest absolute Gasteiger partial charge is 0.151 e. The molecule has 0 aromatic carbocycles. The Labute approximate surface area is 59.3 Å². The Balaban J connectivity index is 2.41. The van der Waals surface area contributed by atoms with Crippen molar-refractivity contribution in [1.82, 2.24) is 20.1 Å². The summed E-state index contributed by atoms with van der Waals surface area (Å²) < 4.78 is 1.90. The van der Waals surface area contributed by atoms with E-state index in [0.717, 1.165) is 25.5 Å². The molecule has 1 aliphatic heterocycles. The van der Waals surface area contributed by atoms with Crippen molar-refractivity contribution in [3.63, 3.8) is 0 Å². The van der Waals surface area contributed by atoms with Crippen LogP contribution >= 0.6 is 0 Å². The summed E-state index contributed by atoms with van der Waals surface area (Å²) in [5, 5.41) is 7.31. The number of fused-ring (bicyclic) bond motifs is 1. The maximum atomic E-state index is 4.13. The third-order valence-electron chi connectivity index (χ3n) is 1.58. The van der Waals surface area contributed by atoms with E-state index in [0.29, 0.717) is 5.82 Å². The van der Waals surface area contributed by atoms with Gasteiger partial charge in [-0.2, -0.15) is 5.10 Å². The molecule has 0 spiro atoms. The Bertz CT molecular complexity index is 216. The molecule has 2 rings (SSSR count). The average molecular weight is 137 g/mol. The molecule has 0 fully saturated rings. The number of nitrogens with one attached hydrogen (secondary N) is 1. The van der Waals surface area contributed by atoms with Gasteiger partial charge in [-0.1, -0.05) is 0 Å². The van der Waals surface area contributed by atoms with Gasteiger partial charge in [0.25, 0.3) is 0 Å². The molecule has 1 aliphatic rings. The first kappa shape index (κ1) is 5.85. The van der Waals surface area contributed by atoms with Crippen molar-refractivity contribution in [2.75, 3.05) is 6.54 Å². The van der Waals surface area contributed by atoms with Crippen LogP contribution in [-0.4, -0.2) is 21.3 Å². The van der Waals surface area contributed by atoms with Crippen molar-refractivity contribution in [3.05, 3.63) is 18.6 Å². The van der Waals surface area contributed by atoms with Crippen molar-refractivity contribution in [3.8, 4) is 0 Å². The van der Waals surface area contributed by atoms with E-state index in [9.17, 15) is 0 Å². The predicted octanol–water partition coefficient (Wildman–Crippen LogP) is -0.437. The van der Waals surface area contributed by atoms with Crippen LogP contribution in [-0.2, 0) is 13.1 Å². The third kappa shape index (κ3) is 0.806. The zero-order chi connectivity index (χ0) is 6.97. The molecular formula is C6H9N4. The molecule has 0 bridgehead atoms. The van der Waals surface area contributed by atoms with E-state index in [1.165, 1.54) is 0 Å². The maximum Gasteiger partial charge on any atom is 0.151 e. The predicted molar refractivity (Wildman–Crippen MR) is 36.2 cm³/mol. The van der Waals surface area contributed by atoms with Gasteiger partial charge in [0.2, 0.25) is 0 Å². The third-order valence-corrected chi connectivity index (χ3v) is 1.58. The van der Waals surface area contributed by atoms with Crippen LogP contribution in [0.4, 0.5) is 0 Å². The lowest BCUT2D eigenvalue weighted by Gasteiger charge is -2.11. The molecule has 0 atom stereocenters. The molecule has 1 aromatic rings. The highest BCUT2D eigenvalue weighted by Gasteiger charge is 2.10. The van der Waals surface area contributed by atoms with Gasteiger partial charge < -0.3 is 5.32 Å².